The van der Waals surface area contributed by atoms with E-state index in [9.17, 15) is 28.5 Å². The second-order valence-corrected chi connectivity index (χ2v) is 17.0. The van der Waals surface area contributed by atoms with Crippen molar-refractivity contribution in [1.29, 1.82) is 0 Å². The molecule has 1 saturated heterocycles. The maximum atomic E-state index is 15.9. The van der Waals surface area contributed by atoms with E-state index in [-0.39, 0.29) is 18.4 Å². The predicted octanol–water partition coefficient (Wildman–Crippen LogP) is 6.62. The van der Waals surface area contributed by atoms with Crippen LogP contribution in [-0.2, 0) is 52.7 Å². The maximum Gasteiger partial charge on any atom is 0.410 e. The van der Waals surface area contributed by atoms with Crippen molar-refractivity contribution in [2.75, 3.05) is 38.6 Å². The van der Waals surface area contributed by atoms with Gasteiger partial charge in [0.05, 0.1) is 10.8 Å². The molecule has 296 valence electrons. The summed E-state index contributed by atoms with van der Waals surface area (Å²) in [5.74, 6) is -2.89. The number of halogens is 2. The van der Waals surface area contributed by atoms with Gasteiger partial charge in [-0.2, -0.15) is 8.78 Å². The quantitative estimate of drug-likeness (QED) is 0.0957. The number of ether oxygens (including phenoxy) is 2. The maximum absolute atomic E-state index is 15.9. The fourth-order valence-electron chi connectivity index (χ4n) is 4.98. The van der Waals surface area contributed by atoms with Gasteiger partial charge in [-0.1, -0.05) is 42.5 Å². The molecular formula is C38H50F2N3O10P. The minimum absolute atomic E-state index is 0.157. The van der Waals surface area contributed by atoms with Crippen molar-refractivity contribution < 1.29 is 55.8 Å². The predicted molar refractivity (Wildman–Crippen MR) is 197 cm³/mol. The molecule has 1 heterocycles. The zero-order valence-electron chi connectivity index (χ0n) is 32.0. The molecule has 1 fully saturated rings. The van der Waals surface area contributed by atoms with Gasteiger partial charge in [-0.3, -0.25) is 37.6 Å². The number of likely N-dealkylation sites (N-methyl/N-ethyl adjacent to an activating group) is 1. The van der Waals surface area contributed by atoms with Crippen LogP contribution in [0, 0.1) is 10.8 Å². The minimum atomic E-state index is -5.51. The largest absolute Gasteiger partial charge is 0.438 e. The molecule has 0 saturated carbocycles. The Balaban J connectivity index is 1.72. The first-order valence-electron chi connectivity index (χ1n) is 17.4. The number of para-hydroxylation sites is 1. The van der Waals surface area contributed by atoms with Gasteiger partial charge in [0.1, 0.15) is 12.6 Å². The number of likely N-dealkylation sites (tertiary alicyclic amines) is 1. The van der Waals surface area contributed by atoms with E-state index in [1.807, 2.05) is 6.07 Å². The number of nitrogens with zero attached hydrogens (tertiary/aromatic N) is 2. The number of allylic oxidation sites excluding steroid dienone is 1. The number of alkyl halides is 2. The molecule has 1 atom stereocenters. The summed E-state index contributed by atoms with van der Waals surface area (Å²) in [6.45, 7) is 8.64. The van der Waals surface area contributed by atoms with Crippen molar-refractivity contribution in [2.24, 2.45) is 10.8 Å². The number of esters is 2. The molecule has 0 radical (unpaired) electrons. The molecule has 1 aliphatic heterocycles. The lowest BCUT2D eigenvalue weighted by Crippen LogP contribution is -2.50. The Morgan fingerprint density at radius 1 is 0.889 bits per heavy atom. The third-order valence-electron chi connectivity index (χ3n) is 8.37. The van der Waals surface area contributed by atoms with E-state index >= 15 is 8.78 Å². The highest BCUT2D eigenvalue weighted by atomic mass is 31.2. The molecule has 1 unspecified atom stereocenters. The molecule has 3 amide bonds. The summed E-state index contributed by atoms with van der Waals surface area (Å²) in [6, 6.07) is 12.6. The lowest BCUT2D eigenvalue weighted by molar-refractivity contribution is -0.163. The van der Waals surface area contributed by atoms with Gasteiger partial charge in [0.2, 0.25) is 31.3 Å². The SMILES string of the molecule is C/C(=C\C(=O)NC1CCCCN(CC(=O)N(C)c2ccccc2)C1=O)c1ccc(C(F)(F)P(=O)(OCOC(=O)C(C)(C)C)OCOC(=O)C(C)(C)C)cc1. The van der Waals surface area contributed by atoms with Crippen molar-refractivity contribution in [3.8, 4) is 0 Å². The number of hydrogen-bond acceptors (Lipinski definition) is 10. The summed E-state index contributed by atoms with van der Waals surface area (Å²) in [5.41, 5.74) is -5.74. The summed E-state index contributed by atoms with van der Waals surface area (Å²) in [5, 5.41) is 2.71. The van der Waals surface area contributed by atoms with Gasteiger partial charge >= 0.3 is 25.2 Å². The Bertz CT molecular complexity index is 1700. The van der Waals surface area contributed by atoms with Gasteiger partial charge in [-0.25, -0.2) is 0 Å². The van der Waals surface area contributed by atoms with Crippen molar-refractivity contribution in [1.82, 2.24) is 10.2 Å². The van der Waals surface area contributed by atoms with Gasteiger partial charge in [-0.15, -0.1) is 0 Å². The molecule has 0 spiro atoms. The molecule has 1 N–H and O–H groups in total. The second kappa shape index (κ2) is 18.2. The number of rotatable bonds is 14. The van der Waals surface area contributed by atoms with Gasteiger partial charge < -0.3 is 24.6 Å². The third-order valence-corrected chi connectivity index (χ3v) is 10.2. The molecule has 16 heteroatoms. The first-order valence-corrected chi connectivity index (χ1v) is 18.9. The summed E-state index contributed by atoms with van der Waals surface area (Å²) >= 11 is 0. The van der Waals surface area contributed by atoms with Gasteiger partial charge in [-0.05, 0) is 91.0 Å². The van der Waals surface area contributed by atoms with Crippen LogP contribution in [0.25, 0.3) is 5.57 Å². The lowest BCUT2D eigenvalue weighted by atomic mass is 9.98. The smallest absolute Gasteiger partial charge is 0.410 e. The Morgan fingerprint density at radius 2 is 1.43 bits per heavy atom. The molecule has 3 rings (SSSR count). The minimum Gasteiger partial charge on any atom is -0.438 e. The van der Waals surface area contributed by atoms with E-state index in [0.717, 1.165) is 12.1 Å². The number of anilines is 1. The summed E-state index contributed by atoms with van der Waals surface area (Å²) in [4.78, 5) is 66.7. The van der Waals surface area contributed by atoms with Crippen LogP contribution in [0.2, 0.25) is 0 Å². The van der Waals surface area contributed by atoms with Crippen LogP contribution in [0.4, 0.5) is 14.5 Å². The molecule has 2 aromatic carbocycles. The van der Waals surface area contributed by atoms with E-state index < -0.39 is 67.1 Å². The number of carbonyl (C=O) groups excluding carboxylic acids is 5. The number of nitrogens with one attached hydrogen (secondary N) is 1. The fourth-order valence-corrected chi connectivity index (χ4v) is 6.22. The number of benzene rings is 2. The molecular weight excluding hydrogens is 727 g/mol. The van der Waals surface area contributed by atoms with Crippen LogP contribution in [0.3, 0.4) is 0 Å². The van der Waals surface area contributed by atoms with Crippen molar-refractivity contribution in [3.63, 3.8) is 0 Å². The normalized spacial score (nSPS) is 16.0. The van der Waals surface area contributed by atoms with Crippen LogP contribution in [-0.4, -0.2) is 74.3 Å². The first kappa shape index (κ1) is 43.9. The van der Waals surface area contributed by atoms with Crippen LogP contribution in [0.1, 0.15) is 78.9 Å². The van der Waals surface area contributed by atoms with Gasteiger partial charge in [0, 0.05) is 30.9 Å². The zero-order chi connectivity index (χ0) is 40.5. The average Bonchev–Trinajstić information content (AvgIpc) is 3.27. The second-order valence-electron chi connectivity index (χ2n) is 14.9. The van der Waals surface area contributed by atoms with Crippen LogP contribution in [0.5, 0.6) is 0 Å². The molecule has 54 heavy (non-hydrogen) atoms. The lowest BCUT2D eigenvalue weighted by Gasteiger charge is -2.27. The van der Waals surface area contributed by atoms with E-state index in [1.165, 1.54) is 69.6 Å². The van der Waals surface area contributed by atoms with Crippen molar-refractivity contribution >= 4 is 48.5 Å². The summed E-state index contributed by atoms with van der Waals surface area (Å²) in [6.07, 6.45) is 2.88. The Labute approximate surface area is 314 Å². The highest BCUT2D eigenvalue weighted by Gasteiger charge is 2.56. The van der Waals surface area contributed by atoms with Gasteiger partial charge in [0.25, 0.3) is 0 Å². The summed E-state index contributed by atoms with van der Waals surface area (Å²) in [7, 11) is -3.89. The Morgan fingerprint density at radius 3 is 1.94 bits per heavy atom. The molecule has 0 aromatic heterocycles. The third kappa shape index (κ3) is 11.8. The molecule has 2 aromatic rings. The van der Waals surface area contributed by atoms with E-state index in [1.54, 1.807) is 38.2 Å². The number of hydrogen-bond donors (Lipinski definition) is 1. The number of carbonyl (C=O) groups is 5. The average molecular weight is 778 g/mol. The van der Waals surface area contributed by atoms with E-state index in [2.05, 4.69) is 5.32 Å². The Hall–Kier alpha value is -4.46. The molecule has 0 aliphatic carbocycles. The van der Waals surface area contributed by atoms with Crippen LogP contribution >= 0.6 is 7.60 Å². The molecule has 13 nitrogen and oxygen atoms in total. The number of amides is 3. The highest BCUT2D eigenvalue weighted by molar-refractivity contribution is 7.54. The fraction of sp³-hybridized carbons (Fsp3) is 0.500. The van der Waals surface area contributed by atoms with Gasteiger partial charge in [0.15, 0.2) is 0 Å². The highest BCUT2D eigenvalue weighted by Crippen LogP contribution is 2.67. The first-order chi connectivity index (χ1) is 25.1. The van der Waals surface area contributed by atoms with E-state index in [4.69, 9.17) is 18.5 Å². The monoisotopic (exact) mass is 777 g/mol. The summed E-state index contributed by atoms with van der Waals surface area (Å²) < 4.78 is 64.9. The van der Waals surface area contributed by atoms with Crippen LogP contribution < -0.4 is 10.2 Å². The Kier molecular flexibility index (Phi) is 14.8. The topological polar surface area (TPSA) is 158 Å². The van der Waals surface area contributed by atoms with E-state index in [0.29, 0.717) is 42.6 Å². The van der Waals surface area contributed by atoms with Crippen LogP contribution in [0.15, 0.2) is 60.7 Å². The molecule has 0 bridgehead atoms. The molecule has 1 aliphatic rings. The van der Waals surface area contributed by atoms with Crippen molar-refractivity contribution in [3.05, 3.63) is 71.8 Å². The zero-order valence-corrected chi connectivity index (χ0v) is 32.9. The van der Waals surface area contributed by atoms with Crippen molar-refractivity contribution in [2.45, 2.75) is 79.4 Å². The standard InChI is InChI=1S/C38H50F2N3O10P/c1-26(22-31(44)41-30-16-12-13-21-43(33(30)46)23-32(45)42(8)29-14-10-9-11-15-29)27-17-19-28(20-18-27)38(39,40)54(49,52-24-50-34(47)36(2,3)4)53-25-51-35(48)37(5,6)7/h9-11,14-15,17-20,22,30H,12-13,16,21,23-25H2,1-8H3,(H,41,44)/b26-22+.